The van der Waals surface area contributed by atoms with Gasteiger partial charge < -0.3 is 5.32 Å². The Morgan fingerprint density at radius 2 is 2.13 bits per heavy atom. The van der Waals surface area contributed by atoms with Crippen LogP contribution in [-0.2, 0) is 0 Å². The molecule has 1 atom stereocenters. The molecule has 15 heavy (non-hydrogen) atoms. The van der Waals surface area contributed by atoms with Crippen LogP contribution in [0.1, 0.15) is 30.7 Å². The number of nitrogens with one attached hydrogen (secondary N) is 1. The molecule has 1 fully saturated rings. The number of halogens is 1. The fourth-order valence-corrected chi connectivity index (χ4v) is 4.40. The molecule has 1 aliphatic rings. The zero-order valence-electron chi connectivity index (χ0n) is 8.83. The van der Waals surface area contributed by atoms with Crippen LogP contribution in [0.15, 0.2) is 15.9 Å². The Hall–Kier alpha value is 0.490. The molecule has 0 bridgehead atoms. The van der Waals surface area contributed by atoms with E-state index in [0.717, 1.165) is 6.04 Å². The summed E-state index contributed by atoms with van der Waals surface area (Å²) in [5, 5.41) is 3.72. The largest absolute Gasteiger partial charge is 0.307 e. The van der Waals surface area contributed by atoms with Crippen molar-refractivity contribution in [3.8, 4) is 0 Å². The van der Waals surface area contributed by atoms with E-state index in [-0.39, 0.29) is 0 Å². The maximum atomic E-state index is 3.72. The molecular weight excluding hydrogens is 290 g/mol. The van der Waals surface area contributed by atoms with Crippen LogP contribution in [-0.4, -0.2) is 17.5 Å². The molecule has 0 saturated carbocycles. The van der Waals surface area contributed by atoms with Gasteiger partial charge in [0.25, 0.3) is 0 Å². The van der Waals surface area contributed by atoms with Gasteiger partial charge in [0.1, 0.15) is 0 Å². The molecule has 0 amide bonds. The predicted molar refractivity (Wildman–Crippen MR) is 73.9 cm³/mol. The normalized spacial score (nSPS) is 20.4. The Balaban J connectivity index is 1.88. The summed E-state index contributed by atoms with van der Waals surface area (Å²) in [5.41, 5.74) is 0. The van der Waals surface area contributed by atoms with Crippen LogP contribution in [0.3, 0.4) is 0 Å². The van der Waals surface area contributed by atoms with E-state index in [4.69, 9.17) is 0 Å². The van der Waals surface area contributed by atoms with Gasteiger partial charge in [-0.2, -0.15) is 11.8 Å². The van der Waals surface area contributed by atoms with Gasteiger partial charge >= 0.3 is 0 Å². The first-order valence-corrected chi connectivity index (χ1v) is 8.11. The van der Waals surface area contributed by atoms with Crippen LogP contribution in [0.25, 0.3) is 0 Å². The molecule has 0 aromatic carbocycles. The van der Waals surface area contributed by atoms with Gasteiger partial charge in [0.15, 0.2) is 0 Å². The Labute approximate surface area is 108 Å². The molecule has 1 aromatic rings. The topological polar surface area (TPSA) is 12.0 Å². The van der Waals surface area contributed by atoms with Gasteiger partial charge in [0.2, 0.25) is 0 Å². The summed E-state index contributed by atoms with van der Waals surface area (Å²) >= 11 is 7.43. The van der Waals surface area contributed by atoms with Crippen LogP contribution >= 0.6 is 39.0 Å². The van der Waals surface area contributed by atoms with Crippen LogP contribution < -0.4 is 5.32 Å². The third-order valence-electron chi connectivity index (χ3n) is 2.73. The summed E-state index contributed by atoms with van der Waals surface area (Å²) in [6, 6.07) is 5.57. The number of rotatable bonds is 3. The molecule has 1 aromatic heterocycles. The molecule has 1 saturated heterocycles. The molecule has 0 radical (unpaired) electrons. The lowest BCUT2D eigenvalue weighted by molar-refractivity contribution is 0.434. The Morgan fingerprint density at radius 1 is 1.40 bits per heavy atom. The van der Waals surface area contributed by atoms with Crippen molar-refractivity contribution in [3.63, 3.8) is 0 Å². The van der Waals surface area contributed by atoms with Crippen molar-refractivity contribution in [3.05, 3.63) is 20.8 Å². The number of hydrogen-bond acceptors (Lipinski definition) is 3. The average molecular weight is 306 g/mol. The number of thioether (sulfide) groups is 1. The van der Waals surface area contributed by atoms with Gasteiger partial charge in [-0.1, -0.05) is 0 Å². The van der Waals surface area contributed by atoms with Gasteiger partial charge in [0, 0.05) is 17.0 Å². The van der Waals surface area contributed by atoms with E-state index in [0.29, 0.717) is 6.04 Å². The van der Waals surface area contributed by atoms with E-state index in [2.05, 4.69) is 52.1 Å². The highest BCUT2D eigenvalue weighted by molar-refractivity contribution is 9.11. The van der Waals surface area contributed by atoms with E-state index in [9.17, 15) is 0 Å². The second kappa shape index (κ2) is 5.71. The van der Waals surface area contributed by atoms with Crippen LogP contribution in [0, 0.1) is 0 Å². The third kappa shape index (κ3) is 3.48. The van der Waals surface area contributed by atoms with Crippen LogP contribution in [0.4, 0.5) is 0 Å². The van der Waals surface area contributed by atoms with Crippen LogP contribution in [0.2, 0.25) is 0 Å². The minimum Gasteiger partial charge on any atom is -0.307 e. The molecule has 1 nitrogen and oxygen atoms in total. The summed E-state index contributed by atoms with van der Waals surface area (Å²) < 4.78 is 1.23. The minimum atomic E-state index is 0.495. The van der Waals surface area contributed by atoms with E-state index < -0.39 is 0 Å². The van der Waals surface area contributed by atoms with Crippen molar-refractivity contribution in [1.82, 2.24) is 5.32 Å². The first kappa shape index (κ1) is 12.0. The first-order valence-electron chi connectivity index (χ1n) is 5.35. The van der Waals surface area contributed by atoms with Gasteiger partial charge in [-0.15, -0.1) is 11.3 Å². The number of hydrogen-bond donors (Lipinski definition) is 1. The molecule has 0 aliphatic carbocycles. The number of thiophene rings is 1. The molecule has 1 aliphatic heterocycles. The minimum absolute atomic E-state index is 0.495. The highest BCUT2D eigenvalue weighted by Gasteiger charge is 2.17. The first-order chi connectivity index (χ1) is 7.25. The fraction of sp³-hybridized carbons (Fsp3) is 0.636. The van der Waals surface area contributed by atoms with Gasteiger partial charge in [-0.05, 0) is 59.3 Å². The van der Waals surface area contributed by atoms with Crippen molar-refractivity contribution in [2.24, 2.45) is 0 Å². The molecule has 1 N–H and O–H groups in total. The highest BCUT2D eigenvalue weighted by atomic mass is 79.9. The Morgan fingerprint density at radius 3 is 2.73 bits per heavy atom. The van der Waals surface area contributed by atoms with Crippen molar-refractivity contribution in [1.29, 1.82) is 0 Å². The Bertz CT molecular complexity index is 307. The third-order valence-corrected chi connectivity index (χ3v) is 5.58. The zero-order chi connectivity index (χ0) is 10.7. The standard InChI is InChI=1S/C11H16BrNS2/c1-8(10-2-3-11(12)15-10)13-9-4-6-14-7-5-9/h2-3,8-9,13H,4-7H2,1H3. The summed E-state index contributed by atoms with van der Waals surface area (Å²) in [6.07, 6.45) is 2.64. The van der Waals surface area contributed by atoms with Crippen LogP contribution in [0.5, 0.6) is 0 Å². The second-order valence-corrected chi connectivity index (χ2v) is 7.64. The van der Waals surface area contributed by atoms with Gasteiger partial charge in [-0.25, -0.2) is 0 Å². The Kier molecular flexibility index (Phi) is 4.55. The van der Waals surface area contributed by atoms with Crippen molar-refractivity contribution in [2.45, 2.75) is 31.8 Å². The maximum absolute atomic E-state index is 3.72. The van der Waals surface area contributed by atoms with Crippen molar-refractivity contribution in [2.75, 3.05) is 11.5 Å². The predicted octanol–water partition coefficient (Wildman–Crippen LogP) is 4.06. The lowest BCUT2D eigenvalue weighted by Crippen LogP contribution is -2.34. The SMILES string of the molecule is CC(NC1CCSCC1)c1ccc(Br)s1. The van der Waals surface area contributed by atoms with E-state index in [1.165, 1.54) is 33.0 Å². The lowest BCUT2D eigenvalue weighted by Gasteiger charge is -2.25. The second-order valence-electron chi connectivity index (χ2n) is 3.92. The molecule has 2 heterocycles. The summed E-state index contributed by atoms with van der Waals surface area (Å²) in [4.78, 5) is 1.43. The van der Waals surface area contributed by atoms with Crippen molar-refractivity contribution < 1.29 is 0 Å². The molecular formula is C11H16BrNS2. The maximum Gasteiger partial charge on any atom is 0.0701 e. The summed E-state index contributed by atoms with van der Waals surface area (Å²) in [6.45, 7) is 2.26. The molecule has 4 heteroatoms. The zero-order valence-corrected chi connectivity index (χ0v) is 12.1. The highest BCUT2D eigenvalue weighted by Crippen LogP contribution is 2.28. The molecule has 1 unspecified atom stereocenters. The fourth-order valence-electron chi connectivity index (χ4n) is 1.86. The van der Waals surface area contributed by atoms with Crippen molar-refractivity contribution >= 4 is 39.0 Å². The van der Waals surface area contributed by atoms with E-state index >= 15 is 0 Å². The summed E-state index contributed by atoms with van der Waals surface area (Å²) in [7, 11) is 0. The van der Waals surface area contributed by atoms with E-state index in [1.807, 2.05) is 11.3 Å². The quantitative estimate of drug-likeness (QED) is 0.904. The average Bonchev–Trinajstić information content (AvgIpc) is 2.66. The lowest BCUT2D eigenvalue weighted by atomic mass is 10.1. The van der Waals surface area contributed by atoms with E-state index in [1.54, 1.807) is 0 Å². The van der Waals surface area contributed by atoms with Gasteiger partial charge in [-0.3, -0.25) is 0 Å². The smallest absolute Gasteiger partial charge is 0.0701 e. The summed E-state index contributed by atoms with van der Waals surface area (Å²) in [5.74, 6) is 2.64. The molecule has 0 spiro atoms. The van der Waals surface area contributed by atoms with Gasteiger partial charge in [0.05, 0.1) is 3.79 Å². The molecule has 84 valence electrons. The monoisotopic (exact) mass is 305 g/mol. The molecule has 2 rings (SSSR count).